The summed E-state index contributed by atoms with van der Waals surface area (Å²) in [5.41, 5.74) is 2.53. The lowest BCUT2D eigenvalue weighted by Gasteiger charge is -2.14. The molecule has 1 aromatic carbocycles. The fourth-order valence-corrected chi connectivity index (χ4v) is 1.99. The lowest BCUT2D eigenvalue weighted by Crippen LogP contribution is -2.22. The van der Waals surface area contributed by atoms with Crippen LogP contribution in [-0.2, 0) is 9.59 Å². The number of aromatic nitrogens is 1. The molecule has 1 atom stereocenters. The van der Waals surface area contributed by atoms with E-state index in [4.69, 9.17) is 5.11 Å². The summed E-state index contributed by atoms with van der Waals surface area (Å²) in [7, 11) is 0. The van der Waals surface area contributed by atoms with Crippen molar-refractivity contribution in [2.75, 3.05) is 0 Å². The van der Waals surface area contributed by atoms with Gasteiger partial charge in [-0.05, 0) is 30.7 Å². The van der Waals surface area contributed by atoms with Crippen molar-refractivity contribution in [3.63, 3.8) is 0 Å². The van der Waals surface area contributed by atoms with Gasteiger partial charge in [0.1, 0.15) is 0 Å². The number of pyridine rings is 1. The molecule has 1 unspecified atom stereocenters. The third kappa shape index (κ3) is 3.07. The monoisotopic (exact) mass is 258 g/mol. The predicted octanol–water partition coefficient (Wildman–Crippen LogP) is 1.81. The van der Waals surface area contributed by atoms with Crippen LogP contribution in [0.4, 0.5) is 0 Å². The van der Waals surface area contributed by atoms with Gasteiger partial charge in [-0.3, -0.25) is 14.6 Å². The summed E-state index contributed by atoms with van der Waals surface area (Å²) >= 11 is 0. The largest absolute Gasteiger partial charge is 0.481 e. The molecule has 19 heavy (non-hydrogen) atoms. The zero-order chi connectivity index (χ0) is 13.8. The van der Waals surface area contributed by atoms with E-state index in [0.29, 0.717) is 6.41 Å². The molecule has 0 saturated heterocycles. The average Bonchev–Trinajstić information content (AvgIpc) is 2.37. The van der Waals surface area contributed by atoms with Crippen LogP contribution in [-0.4, -0.2) is 22.5 Å². The van der Waals surface area contributed by atoms with E-state index in [-0.39, 0.29) is 6.42 Å². The molecule has 5 heteroatoms. The van der Waals surface area contributed by atoms with Gasteiger partial charge in [0.25, 0.3) is 0 Å². The summed E-state index contributed by atoms with van der Waals surface area (Å²) in [6.45, 7) is 1.91. The standard InChI is InChI=1S/C14H14N2O3/c1-9-2-3-10-6-11(4-5-12(10)16-9)13(15-8-17)7-14(18)19/h2-6,8,13H,7H2,1H3,(H,15,17)(H,18,19). The summed E-state index contributed by atoms with van der Waals surface area (Å²) in [5.74, 6) is -0.957. The minimum absolute atomic E-state index is 0.149. The number of aryl methyl sites for hydroxylation is 1. The number of carboxylic acid groups (broad SMARTS) is 1. The molecule has 0 aliphatic rings. The van der Waals surface area contributed by atoms with Gasteiger partial charge in [0, 0.05) is 11.1 Å². The molecular weight excluding hydrogens is 244 g/mol. The molecule has 0 bridgehead atoms. The Morgan fingerprint density at radius 2 is 2.21 bits per heavy atom. The number of amides is 1. The number of fused-ring (bicyclic) bond motifs is 1. The molecule has 1 aromatic heterocycles. The highest BCUT2D eigenvalue weighted by Crippen LogP contribution is 2.21. The van der Waals surface area contributed by atoms with Crippen LogP contribution in [0.15, 0.2) is 30.3 Å². The summed E-state index contributed by atoms with van der Waals surface area (Å²) in [4.78, 5) is 25.7. The number of hydrogen-bond acceptors (Lipinski definition) is 3. The summed E-state index contributed by atoms with van der Waals surface area (Å²) in [5, 5.41) is 12.3. The first kappa shape index (κ1) is 13.0. The molecule has 1 amide bonds. The number of aliphatic carboxylic acids is 1. The van der Waals surface area contributed by atoms with Crippen LogP contribution in [0.1, 0.15) is 23.7 Å². The molecule has 0 radical (unpaired) electrons. The van der Waals surface area contributed by atoms with Crippen LogP contribution >= 0.6 is 0 Å². The van der Waals surface area contributed by atoms with Crippen LogP contribution in [0.25, 0.3) is 10.9 Å². The first-order chi connectivity index (χ1) is 9.10. The number of benzene rings is 1. The normalized spacial score (nSPS) is 12.1. The quantitative estimate of drug-likeness (QED) is 0.801. The molecule has 2 N–H and O–H groups in total. The molecular formula is C14H14N2O3. The van der Waals surface area contributed by atoms with Crippen molar-refractivity contribution in [1.82, 2.24) is 10.3 Å². The molecule has 0 saturated carbocycles. The van der Waals surface area contributed by atoms with Gasteiger partial charge in [-0.1, -0.05) is 12.1 Å². The third-order valence-corrected chi connectivity index (χ3v) is 2.90. The second-order valence-electron chi connectivity index (χ2n) is 4.34. The number of carbonyl (C=O) groups is 2. The van der Waals surface area contributed by atoms with Crippen molar-refractivity contribution >= 4 is 23.3 Å². The number of nitrogens with zero attached hydrogens (tertiary/aromatic N) is 1. The van der Waals surface area contributed by atoms with Crippen molar-refractivity contribution in [2.24, 2.45) is 0 Å². The van der Waals surface area contributed by atoms with Crippen molar-refractivity contribution in [1.29, 1.82) is 0 Å². The molecule has 1 heterocycles. The van der Waals surface area contributed by atoms with Crippen LogP contribution in [0.5, 0.6) is 0 Å². The average molecular weight is 258 g/mol. The van der Waals surface area contributed by atoms with Gasteiger partial charge in [-0.2, -0.15) is 0 Å². The Kier molecular flexibility index (Phi) is 3.75. The highest BCUT2D eigenvalue weighted by Gasteiger charge is 2.15. The van der Waals surface area contributed by atoms with Crippen LogP contribution in [0.2, 0.25) is 0 Å². The Morgan fingerprint density at radius 1 is 1.42 bits per heavy atom. The maximum Gasteiger partial charge on any atom is 0.305 e. The van der Waals surface area contributed by atoms with Crippen molar-refractivity contribution in [3.8, 4) is 0 Å². The molecule has 0 spiro atoms. The summed E-state index contributed by atoms with van der Waals surface area (Å²) < 4.78 is 0. The summed E-state index contributed by atoms with van der Waals surface area (Å²) in [6.07, 6.45) is 0.370. The van der Waals surface area contributed by atoms with E-state index in [1.807, 2.05) is 31.2 Å². The Bertz CT molecular complexity index is 625. The van der Waals surface area contributed by atoms with Crippen molar-refractivity contribution in [2.45, 2.75) is 19.4 Å². The first-order valence-corrected chi connectivity index (χ1v) is 5.89. The van der Waals surface area contributed by atoms with Crippen molar-refractivity contribution in [3.05, 3.63) is 41.6 Å². The molecule has 98 valence electrons. The van der Waals surface area contributed by atoms with Crippen LogP contribution in [0.3, 0.4) is 0 Å². The minimum atomic E-state index is -0.957. The number of hydrogen-bond donors (Lipinski definition) is 2. The van der Waals surface area contributed by atoms with E-state index < -0.39 is 12.0 Å². The molecule has 0 aliphatic heterocycles. The number of carbonyl (C=O) groups excluding carboxylic acids is 1. The number of rotatable bonds is 5. The van der Waals surface area contributed by atoms with E-state index in [9.17, 15) is 9.59 Å². The maximum atomic E-state index is 10.8. The molecule has 0 fully saturated rings. The molecule has 5 nitrogen and oxygen atoms in total. The molecule has 2 aromatic rings. The van der Waals surface area contributed by atoms with Gasteiger partial charge in [0.15, 0.2) is 0 Å². The van der Waals surface area contributed by atoms with Crippen LogP contribution < -0.4 is 5.32 Å². The molecule has 0 aliphatic carbocycles. The Morgan fingerprint density at radius 3 is 2.89 bits per heavy atom. The van der Waals surface area contributed by atoms with Gasteiger partial charge >= 0.3 is 5.97 Å². The second-order valence-corrected chi connectivity index (χ2v) is 4.34. The van der Waals surface area contributed by atoms with Gasteiger partial charge < -0.3 is 10.4 Å². The van der Waals surface area contributed by atoms with Gasteiger partial charge in [-0.15, -0.1) is 0 Å². The lowest BCUT2D eigenvalue weighted by molar-refractivity contribution is -0.137. The predicted molar refractivity (Wildman–Crippen MR) is 70.7 cm³/mol. The van der Waals surface area contributed by atoms with Gasteiger partial charge in [0.2, 0.25) is 6.41 Å². The summed E-state index contributed by atoms with van der Waals surface area (Å²) in [6, 6.07) is 8.77. The number of nitrogens with one attached hydrogen (secondary N) is 1. The lowest BCUT2D eigenvalue weighted by atomic mass is 10.0. The topological polar surface area (TPSA) is 79.3 Å². The van der Waals surface area contributed by atoms with Gasteiger partial charge in [0.05, 0.1) is 18.0 Å². The third-order valence-electron chi connectivity index (χ3n) is 2.90. The second kappa shape index (κ2) is 5.48. The SMILES string of the molecule is Cc1ccc2cc(C(CC(=O)O)NC=O)ccc2n1. The van der Waals surface area contributed by atoms with Crippen LogP contribution in [0, 0.1) is 6.92 Å². The van der Waals surface area contributed by atoms with E-state index in [1.165, 1.54) is 0 Å². The minimum Gasteiger partial charge on any atom is -0.481 e. The molecule has 2 rings (SSSR count). The van der Waals surface area contributed by atoms with E-state index in [2.05, 4.69) is 10.3 Å². The Balaban J connectivity index is 2.39. The smallest absolute Gasteiger partial charge is 0.305 e. The van der Waals surface area contributed by atoms with Gasteiger partial charge in [-0.25, -0.2) is 0 Å². The van der Waals surface area contributed by atoms with E-state index in [1.54, 1.807) is 6.07 Å². The van der Waals surface area contributed by atoms with Crippen molar-refractivity contribution < 1.29 is 14.7 Å². The maximum absolute atomic E-state index is 10.8. The zero-order valence-corrected chi connectivity index (χ0v) is 10.5. The fraction of sp³-hybridized carbons (Fsp3) is 0.214. The number of carboxylic acids is 1. The highest BCUT2D eigenvalue weighted by atomic mass is 16.4. The van der Waals surface area contributed by atoms with E-state index in [0.717, 1.165) is 22.2 Å². The Hall–Kier alpha value is -2.43. The van der Waals surface area contributed by atoms with E-state index >= 15 is 0 Å². The fourth-order valence-electron chi connectivity index (χ4n) is 1.99. The zero-order valence-electron chi connectivity index (χ0n) is 10.5. The highest BCUT2D eigenvalue weighted by molar-refractivity contribution is 5.80. The first-order valence-electron chi connectivity index (χ1n) is 5.89. The Labute approximate surface area is 110 Å².